The Bertz CT molecular complexity index is 1030. The molecular weight excluding hydrogens is 378 g/mol. The SMILES string of the molecule is Cc1cc(Nc2ccc(NC(=O)c3ccccc3C)cc2)nc(N2CCOCC2)n1. The summed E-state index contributed by atoms with van der Waals surface area (Å²) in [6.07, 6.45) is 0. The van der Waals surface area contributed by atoms with E-state index in [9.17, 15) is 4.79 Å². The molecule has 1 fully saturated rings. The molecule has 154 valence electrons. The van der Waals surface area contributed by atoms with Crippen LogP contribution in [0.25, 0.3) is 0 Å². The first kappa shape index (κ1) is 19.8. The highest BCUT2D eigenvalue weighted by atomic mass is 16.5. The minimum absolute atomic E-state index is 0.115. The van der Waals surface area contributed by atoms with Gasteiger partial charge in [-0.1, -0.05) is 18.2 Å². The van der Waals surface area contributed by atoms with Crippen LogP contribution in [0.5, 0.6) is 0 Å². The molecule has 7 nitrogen and oxygen atoms in total. The molecule has 4 rings (SSSR count). The summed E-state index contributed by atoms with van der Waals surface area (Å²) in [4.78, 5) is 23.8. The number of hydrogen-bond donors (Lipinski definition) is 2. The number of carbonyl (C=O) groups excluding carboxylic acids is 1. The number of rotatable bonds is 5. The van der Waals surface area contributed by atoms with E-state index in [2.05, 4.69) is 25.5 Å². The number of amides is 1. The minimum Gasteiger partial charge on any atom is -0.378 e. The Hall–Kier alpha value is -3.45. The third kappa shape index (κ3) is 4.75. The number of aromatic nitrogens is 2. The van der Waals surface area contributed by atoms with Gasteiger partial charge in [-0.3, -0.25) is 4.79 Å². The van der Waals surface area contributed by atoms with Gasteiger partial charge in [0.15, 0.2) is 0 Å². The van der Waals surface area contributed by atoms with Crippen LogP contribution in [0.2, 0.25) is 0 Å². The summed E-state index contributed by atoms with van der Waals surface area (Å²) >= 11 is 0. The van der Waals surface area contributed by atoms with Crippen LogP contribution in [0.15, 0.2) is 54.6 Å². The predicted octanol–water partition coefficient (Wildman–Crippen LogP) is 3.93. The fourth-order valence-electron chi connectivity index (χ4n) is 3.33. The molecular formula is C23H25N5O2. The fourth-order valence-corrected chi connectivity index (χ4v) is 3.33. The van der Waals surface area contributed by atoms with Gasteiger partial charge in [0.05, 0.1) is 13.2 Å². The fraction of sp³-hybridized carbons (Fsp3) is 0.261. The van der Waals surface area contributed by atoms with Crippen LogP contribution < -0.4 is 15.5 Å². The molecule has 1 aliphatic heterocycles. The van der Waals surface area contributed by atoms with Crippen molar-refractivity contribution in [1.82, 2.24) is 9.97 Å². The molecule has 0 spiro atoms. The van der Waals surface area contributed by atoms with Crippen molar-refractivity contribution >= 4 is 29.0 Å². The van der Waals surface area contributed by atoms with Crippen LogP contribution in [0.4, 0.5) is 23.1 Å². The maximum atomic E-state index is 12.5. The van der Waals surface area contributed by atoms with E-state index in [1.165, 1.54) is 0 Å². The van der Waals surface area contributed by atoms with Gasteiger partial charge in [0.25, 0.3) is 5.91 Å². The largest absolute Gasteiger partial charge is 0.378 e. The molecule has 0 aliphatic carbocycles. The predicted molar refractivity (Wildman–Crippen MR) is 119 cm³/mol. The van der Waals surface area contributed by atoms with Crippen molar-refractivity contribution < 1.29 is 9.53 Å². The molecule has 30 heavy (non-hydrogen) atoms. The first-order chi connectivity index (χ1) is 14.6. The van der Waals surface area contributed by atoms with Gasteiger partial charge >= 0.3 is 0 Å². The Morgan fingerprint density at radius 3 is 2.40 bits per heavy atom. The zero-order valence-corrected chi connectivity index (χ0v) is 17.2. The van der Waals surface area contributed by atoms with Gasteiger partial charge in [-0.2, -0.15) is 4.98 Å². The average molecular weight is 403 g/mol. The first-order valence-corrected chi connectivity index (χ1v) is 10.0. The summed E-state index contributed by atoms with van der Waals surface area (Å²) < 4.78 is 5.41. The van der Waals surface area contributed by atoms with E-state index < -0.39 is 0 Å². The number of nitrogens with one attached hydrogen (secondary N) is 2. The lowest BCUT2D eigenvalue weighted by atomic mass is 10.1. The summed E-state index contributed by atoms with van der Waals surface area (Å²) in [6, 6.07) is 17.0. The highest BCUT2D eigenvalue weighted by Gasteiger charge is 2.15. The summed E-state index contributed by atoms with van der Waals surface area (Å²) in [5.41, 5.74) is 4.14. The zero-order valence-electron chi connectivity index (χ0n) is 17.2. The second-order valence-electron chi connectivity index (χ2n) is 7.27. The van der Waals surface area contributed by atoms with E-state index in [1.54, 1.807) is 0 Å². The lowest BCUT2D eigenvalue weighted by Crippen LogP contribution is -2.37. The highest BCUT2D eigenvalue weighted by molar-refractivity contribution is 6.05. The Kier molecular flexibility index (Phi) is 5.90. The smallest absolute Gasteiger partial charge is 0.255 e. The van der Waals surface area contributed by atoms with Crippen LogP contribution >= 0.6 is 0 Å². The third-order valence-corrected chi connectivity index (χ3v) is 4.94. The number of anilines is 4. The summed E-state index contributed by atoms with van der Waals surface area (Å²) in [5, 5.41) is 6.26. The van der Waals surface area contributed by atoms with Gasteiger partial charge in [-0.25, -0.2) is 4.98 Å². The monoisotopic (exact) mass is 403 g/mol. The molecule has 2 aromatic carbocycles. The van der Waals surface area contributed by atoms with Crippen molar-refractivity contribution in [2.45, 2.75) is 13.8 Å². The molecule has 2 N–H and O–H groups in total. The van der Waals surface area contributed by atoms with Crippen molar-refractivity contribution in [2.75, 3.05) is 41.8 Å². The van der Waals surface area contributed by atoms with Gasteiger partial charge in [-0.05, 0) is 49.7 Å². The Labute approximate surface area is 176 Å². The normalized spacial score (nSPS) is 13.7. The Morgan fingerprint density at radius 2 is 1.67 bits per heavy atom. The van der Waals surface area contributed by atoms with Crippen molar-refractivity contribution in [3.63, 3.8) is 0 Å². The zero-order chi connectivity index (χ0) is 20.9. The van der Waals surface area contributed by atoms with E-state index >= 15 is 0 Å². The molecule has 0 bridgehead atoms. The quantitative estimate of drug-likeness (QED) is 0.672. The number of ether oxygens (including phenoxy) is 1. The van der Waals surface area contributed by atoms with E-state index in [0.717, 1.165) is 41.5 Å². The van der Waals surface area contributed by atoms with Gasteiger partial charge in [0, 0.05) is 41.8 Å². The third-order valence-electron chi connectivity index (χ3n) is 4.94. The van der Waals surface area contributed by atoms with Gasteiger partial charge in [-0.15, -0.1) is 0 Å². The maximum absolute atomic E-state index is 12.5. The molecule has 1 aliphatic rings. The summed E-state index contributed by atoms with van der Waals surface area (Å²) in [5.74, 6) is 1.33. The number of benzene rings is 2. The molecule has 1 aromatic heterocycles. The maximum Gasteiger partial charge on any atom is 0.255 e. The number of aryl methyl sites for hydroxylation is 2. The number of hydrogen-bond acceptors (Lipinski definition) is 6. The van der Waals surface area contributed by atoms with E-state index in [1.807, 2.05) is 68.4 Å². The second-order valence-corrected chi connectivity index (χ2v) is 7.27. The topological polar surface area (TPSA) is 79.4 Å². The number of morpholine rings is 1. The van der Waals surface area contributed by atoms with Gasteiger partial charge < -0.3 is 20.3 Å². The van der Waals surface area contributed by atoms with Crippen molar-refractivity contribution in [1.29, 1.82) is 0 Å². The molecule has 1 amide bonds. The second kappa shape index (κ2) is 8.92. The van der Waals surface area contributed by atoms with Crippen LogP contribution in [0, 0.1) is 13.8 Å². The Balaban J connectivity index is 1.44. The molecule has 7 heteroatoms. The van der Waals surface area contributed by atoms with Crippen molar-refractivity contribution in [3.8, 4) is 0 Å². The number of nitrogens with zero attached hydrogens (tertiary/aromatic N) is 3. The molecule has 0 radical (unpaired) electrons. The molecule has 3 aromatic rings. The standard InChI is InChI=1S/C23H25N5O2/c1-16-5-3-4-6-20(16)22(29)26-19-9-7-18(8-10-19)25-21-15-17(2)24-23(27-21)28-11-13-30-14-12-28/h3-10,15H,11-14H2,1-2H3,(H,26,29)(H,24,25,27). The van der Waals surface area contributed by atoms with Crippen LogP contribution in [-0.2, 0) is 4.74 Å². The lowest BCUT2D eigenvalue weighted by molar-refractivity contribution is 0.102. The summed E-state index contributed by atoms with van der Waals surface area (Å²) in [7, 11) is 0. The van der Waals surface area contributed by atoms with Gasteiger partial charge in [0.1, 0.15) is 5.82 Å². The highest BCUT2D eigenvalue weighted by Crippen LogP contribution is 2.21. The molecule has 1 saturated heterocycles. The molecule has 2 heterocycles. The molecule has 0 atom stereocenters. The van der Waals surface area contributed by atoms with Crippen LogP contribution in [-0.4, -0.2) is 42.2 Å². The molecule has 0 saturated carbocycles. The van der Waals surface area contributed by atoms with E-state index in [-0.39, 0.29) is 5.91 Å². The van der Waals surface area contributed by atoms with Crippen LogP contribution in [0.3, 0.4) is 0 Å². The average Bonchev–Trinajstić information content (AvgIpc) is 2.75. The van der Waals surface area contributed by atoms with E-state index in [0.29, 0.717) is 24.7 Å². The first-order valence-electron chi connectivity index (χ1n) is 10.0. The van der Waals surface area contributed by atoms with Gasteiger partial charge in [0.2, 0.25) is 5.95 Å². The van der Waals surface area contributed by atoms with Crippen LogP contribution in [0.1, 0.15) is 21.6 Å². The van der Waals surface area contributed by atoms with Crippen molar-refractivity contribution in [3.05, 3.63) is 71.4 Å². The number of carbonyl (C=O) groups is 1. The molecule has 0 unspecified atom stereocenters. The summed E-state index contributed by atoms with van der Waals surface area (Å²) in [6.45, 7) is 6.85. The lowest BCUT2D eigenvalue weighted by Gasteiger charge is -2.27. The van der Waals surface area contributed by atoms with Crippen molar-refractivity contribution in [2.24, 2.45) is 0 Å². The minimum atomic E-state index is -0.115. The van der Waals surface area contributed by atoms with E-state index in [4.69, 9.17) is 4.74 Å². The Morgan fingerprint density at radius 1 is 0.967 bits per heavy atom.